The van der Waals surface area contributed by atoms with Crippen LogP contribution >= 0.6 is 15.9 Å². The second-order valence-electron chi connectivity index (χ2n) is 6.83. The van der Waals surface area contributed by atoms with Crippen LogP contribution in [0.2, 0.25) is 0 Å². The zero-order chi connectivity index (χ0) is 21.6. The molecule has 0 atom stereocenters. The molecule has 7 nitrogen and oxygen atoms in total. The largest absolute Gasteiger partial charge is 0.492 e. The van der Waals surface area contributed by atoms with Gasteiger partial charge in [0.2, 0.25) is 10.0 Å². The van der Waals surface area contributed by atoms with Crippen LogP contribution in [-0.2, 0) is 14.8 Å². The van der Waals surface area contributed by atoms with Crippen LogP contribution in [0.5, 0.6) is 11.5 Å². The Labute approximate surface area is 185 Å². The van der Waals surface area contributed by atoms with Crippen LogP contribution in [0.15, 0.2) is 51.8 Å². The molecule has 0 saturated carbocycles. The minimum atomic E-state index is -3.71. The predicted octanol–water partition coefficient (Wildman–Crippen LogP) is 4.04. The van der Waals surface area contributed by atoms with E-state index in [0.717, 1.165) is 23.7 Å². The lowest BCUT2D eigenvalue weighted by Gasteiger charge is -2.27. The first kappa shape index (κ1) is 22.6. The molecular formula is C21H25BrN2O5S. The minimum Gasteiger partial charge on any atom is -0.492 e. The number of ether oxygens (including phenoxy) is 2. The third kappa shape index (κ3) is 5.53. The molecule has 0 radical (unpaired) electrons. The number of piperidine rings is 1. The van der Waals surface area contributed by atoms with Gasteiger partial charge >= 0.3 is 0 Å². The highest BCUT2D eigenvalue weighted by Crippen LogP contribution is 2.31. The molecule has 1 fully saturated rings. The van der Waals surface area contributed by atoms with E-state index in [1.165, 1.54) is 10.4 Å². The summed E-state index contributed by atoms with van der Waals surface area (Å²) in [5.41, 5.74) is 0.370. The molecule has 0 unspecified atom stereocenters. The number of hydrogen-bond donors (Lipinski definition) is 1. The molecule has 1 saturated heterocycles. The van der Waals surface area contributed by atoms with E-state index < -0.39 is 15.9 Å². The van der Waals surface area contributed by atoms with Crippen LogP contribution in [0, 0.1) is 0 Å². The number of nitrogens with one attached hydrogen (secondary N) is 1. The van der Waals surface area contributed by atoms with Gasteiger partial charge in [0.25, 0.3) is 5.91 Å². The Morgan fingerprint density at radius 1 is 1.07 bits per heavy atom. The average Bonchev–Trinajstić information content (AvgIpc) is 2.75. The molecule has 0 spiro atoms. The first-order valence-corrected chi connectivity index (χ1v) is 12.1. The lowest BCUT2D eigenvalue weighted by atomic mass is 10.2. The normalized spacial score (nSPS) is 14.9. The van der Waals surface area contributed by atoms with Crippen LogP contribution in [0.4, 0.5) is 5.69 Å². The quantitative estimate of drug-likeness (QED) is 0.595. The molecule has 1 aliphatic heterocycles. The first-order chi connectivity index (χ1) is 14.4. The van der Waals surface area contributed by atoms with Crippen LogP contribution in [-0.4, -0.2) is 44.9 Å². The van der Waals surface area contributed by atoms with Gasteiger partial charge < -0.3 is 14.8 Å². The van der Waals surface area contributed by atoms with Gasteiger partial charge in [-0.05, 0) is 66.0 Å². The molecule has 2 aromatic carbocycles. The summed E-state index contributed by atoms with van der Waals surface area (Å²) in [6, 6.07) is 11.9. The lowest BCUT2D eigenvalue weighted by Crippen LogP contribution is -2.35. The Bertz CT molecular complexity index is 991. The molecule has 3 rings (SSSR count). The summed E-state index contributed by atoms with van der Waals surface area (Å²) in [7, 11) is -3.71. The minimum absolute atomic E-state index is 0.0655. The summed E-state index contributed by atoms with van der Waals surface area (Å²) < 4.78 is 39.6. The summed E-state index contributed by atoms with van der Waals surface area (Å²) in [5.74, 6) is 0.439. The van der Waals surface area contributed by atoms with Crippen molar-refractivity contribution in [1.29, 1.82) is 0 Å². The summed E-state index contributed by atoms with van der Waals surface area (Å²) in [6.45, 7) is 2.92. The Hall–Kier alpha value is -2.10. The second kappa shape index (κ2) is 10.3. The van der Waals surface area contributed by atoms with Crippen molar-refractivity contribution in [2.45, 2.75) is 31.1 Å². The predicted molar refractivity (Wildman–Crippen MR) is 118 cm³/mol. The van der Waals surface area contributed by atoms with Gasteiger partial charge in [-0.15, -0.1) is 0 Å². The Kier molecular flexibility index (Phi) is 7.74. The number of amides is 1. The van der Waals surface area contributed by atoms with E-state index in [2.05, 4.69) is 21.2 Å². The standard InChI is InChI=1S/C21H25BrN2O5S/c1-2-28-19-11-10-16(14-20(19)30(26,27)24-12-6-3-7-13-24)23-21(25)15-29-18-9-5-4-8-17(18)22/h4-5,8-11,14H,2-3,6-7,12-13,15H2,1H3,(H,23,25). The third-order valence-corrected chi connectivity index (χ3v) is 7.23. The summed E-state index contributed by atoms with van der Waals surface area (Å²) in [6.07, 6.45) is 2.70. The average molecular weight is 497 g/mol. The molecule has 1 aliphatic rings. The zero-order valence-electron chi connectivity index (χ0n) is 16.8. The molecule has 2 aromatic rings. The highest BCUT2D eigenvalue weighted by Gasteiger charge is 2.29. The number of carbonyl (C=O) groups is 1. The summed E-state index contributed by atoms with van der Waals surface area (Å²) in [5, 5.41) is 2.70. The van der Waals surface area contributed by atoms with Crippen molar-refractivity contribution in [3.8, 4) is 11.5 Å². The number of sulfonamides is 1. The van der Waals surface area contributed by atoms with Crippen molar-refractivity contribution in [3.63, 3.8) is 0 Å². The number of hydrogen-bond acceptors (Lipinski definition) is 5. The highest BCUT2D eigenvalue weighted by molar-refractivity contribution is 9.10. The van der Waals surface area contributed by atoms with Crippen molar-refractivity contribution in [1.82, 2.24) is 4.31 Å². The van der Waals surface area contributed by atoms with E-state index in [-0.39, 0.29) is 17.3 Å². The molecule has 1 N–H and O–H groups in total. The van der Waals surface area contributed by atoms with Crippen molar-refractivity contribution < 1.29 is 22.7 Å². The van der Waals surface area contributed by atoms with E-state index in [9.17, 15) is 13.2 Å². The Morgan fingerprint density at radius 2 is 1.80 bits per heavy atom. The van der Waals surface area contributed by atoms with Crippen molar-refractivity contribution >= 4 is 37.5 Å². The van der Waals surface area contributed by atoms with Gasteiger partial charge in [-0.1, -0.05) is 18.6 Å². The number of rotatable bonds is 8. The molecule has 30 heavy (non-hydrogen) atoms. The van der Waals surface area contributed by atoms with E-state index in [1.54, 1.807) is 25.1 Å². The van der Waals surface area contributed by atoms with E-state index in [1.807, 2.05) is 18.2 Å². The number of carbonyl (C=O) groups excluding carboxylic acids is 1. The number of halogens is 1. The smallest absolute Gasteiger partial charge is 0.262 e. The maximum Gasteiger partial charge on any atom is 0.262 e. The van der Waals surface area contributed by atoms with Crippen molar-refractivity contribution in [2.24, 2.45) is 0 Å². The van der Waals surface area contributed by atoms with E-state index in [4.69, 9.17) is 9.47 Å². The van der Waals surface area contributed by atoms with Crippen LogP contribution in [0.1, 0.15) is 26.2 Å². The highest BCUT2D eigenvalue weighted by atomic mass is 79.9. The molecule has 1 heterocycles. The van der Waals surface area contributed by atoms with Gasteiger partial charge in [-0.2, -0.15) is 4.31 Å². The van der Waals surface area contributed by atoms with Gasteiger partial charge in [-0.3, -0.25) is 4.79 Å². The fourth-order valence-corrected chi connectivity index (χ4v) is 5.28. The second-order valence-corrected chi connectivity index (χ2v) is 9.59. The fraction of sp³-hybridized carbons (Fsp3) is 0.381. The third-order valence-electron chi connectivity index (χ3n) is 4.66. The van der Waals surface area contributed by atoms with E-state index >= 15 is 0 Å². The monoisotopic (exact) mass is 496 g/mol. The SMILES string of the molecule is CCOc1ccc(NC(=O)COc2ccccc2Br)cc1S(=O)(=O)N1CCCCC1. The number of benzene rings is 2. The summed E-state index contributed by atoms with van der Waals surface area (Å²) >= 11 is 3.36. The zero-order valence-corrected chi connectivity index (χ0v) is 19.2. The van der Waals surface area contributed by atoms with Crippen LogP contribution < -0.4 is 14.8 Å². The van der Waals surface area contributed by atoms with Crippen LogP contribution in [0.25, 0.3) is 0 Å². The van der Waals surface area contributed by atoms with Gasteiger partial charge in [0.1, 0.15) is 16.4 Å². The van der Waals surface area contributed by atoms with Gasteiger partial charge in [0, 0.05) is 18.8 Å². The van der Waals surface area contributed by atoms with E-state index in [0.29, 0.717) is 31.1 Å². The van der Waals surface area contributed by atoms with Gasteiger partial charge in [0.15, 0.2) is 6.61 Å². The molecular weight excluding hydrogens is 472 g/mol. The maximum atomic E-state index is 13.2. The number of para-hydroxylation sites is 1. The van der Waals surface area contributed by atoms with Crippen LogP contribution in [0.3, 0.4) is 0 Å². The first-order valence-electron chi connectivity index (χ1n) is 9.86. The number of anilines is 1. The summed E-state index contributed by atoms with van der Waals surface area (Å²) in [4.78, 5) is 12.4. The fourth-order valence-electron chi connectivity index (χ4n) is 3.21. The van der Waals surface area contributed by atoms with Gasteiger partial charge in [-0.25, -0.2) is 8.42 Å². The number of nitrogens with zero attached hydrogens (tertiary/aromatic N) is 1. The van der Waals surface area contributed by atoms with Gasteiger partial charge in [0.05, 0.1) is 11.1 Å². The maximum absolute atomic E-state index is 13.2. The molecule has 0 aromatic heterocycles. The van der Waals surface area contributed by atoms with Crippen molar-refractivity contribution in [2.75, 3.05) is 31.6 Å². The molecule has 0 aliphatic carbocycles. The Balaban J connectivity index is 1.76. The molecule has 162 valence electrons. The topological polar surface area (TPSA) is 84.9 Å². The molecule has 0 bridgehead atoms. The molecule has 9 heteroatoms. The Morgan fingerprint density at radius 3 is 2.50 bits per heavy atom. The molecule has 1 amide bonds. The lowest BCUT2D eigenvalue weighted by molar-refractivity contribution is -0.118. The van der Waals surface area contributed by atoms with Crippen molar-refractivity contribution in [3.05, 3.63) is 46.9 Å².